The van der Waals surface area contributed by atoms with Gasteiger partial charge in [0.25, 0.3) is 0 Å². The lowest BCUT2D eigenvalue weighted by molar-refractivity contribution is 0.513. The molecule has 21 heavy (non-hydrogen) atoms. The number of benzene rings is 2. The van der Waals surface area contributed by atoms with Crippen LogP contribution >= 0.6 is 11.6 Å². The van der Waals surface area contributed by atoms with Crippen LogP contribution in [0.5, 0.6) is 0 Å². The molecule has 2 aromatic carbocycles. The van der Waals surface area contributed by atoms with Crippen molar-refractivity contribution in [2.45, 2.75) is 35.4 Å². The van der Waals surface area contributed by atoms with Crippen LogP contribution in [0.25, 0.3) is 0 Å². The third-order valence-electron chi connectivity index (χ3n) is 4.20. The zero-order valence-corrected chi connectivity index (χ0v) is 13.4. The quantitative estimate of drug-likeness (QED) is 0.908. The molecule has 1 aliphatic rings. The van der Waals surface area contributed by atoms with Gasteiger partial charge in [-0.3, -0.25) is 4.21 Å². The molecule has 0 bridgehead atoms. The van der Waals surface area contributed by atoms with Gasteiger partial charge >= 0.3 is 0 Å². The molecule has 0 aromatic heterocycles. The van der Waals surface area contributed by atoms with Crippen LogP contribution in [0.2, 0.25) is 5.02 Å². The van der Waals surface area contributed by atoms with Crippen molar-refractivity contribution in [3.05, 3.63) is 64.7 Å². The summed E-state index contributed by atoms with van der Waals surface area (Å²) in [7, 11) is -1.20. The Morgan fingerprint density at radius 3 is 2.43 bits per heavy atom. The number of hydrogen-bond acceptors (Lipinski definition) is 2. The van der Waals surface area contributed by atoms with E-state index in [-0.39, 0.29) is 11.3 Å². The third-order valence-corrected chi connectivity index (χ3v) is 6.47. The van der Waals surface area contributed by atoms with Gasteiger partial charge in [-0.1, -0.05) is 54.9 Å². The smallest absolute Gasteiger partial charge is 0.0595 e. The first-order chi connectivity index (χ1) is 10.1. The lowest BCUT2D eigenvalue weighted by Gasteiger charge is -2.34. The molecule has 4 heteroatoms. The van der Waals surface area contributed by atoms with Crippen molar-refractivity contribution in [2.24, 2.45) is 5.73 Å². The van der Waals surface area contributed by atoms with Gasteiger partial charge in [0.1, 0.15) is 0 Å². The molecule has 1 aliphatic carbocycles. The molecule has 0 saturated heterocycles. The molecular weight excluding hydrogens is 302 g/mol. The van der Waals surface area contributed by atoms with Crippen molar-refractivity contribution in [1.82, 2.24) is 0 Å². The largest absolute Gasteiger partial charge is 0.323 e. The molecule has 0 aliphatic heterocycles. The van der Waals surface area contributed by atoms with E-state index in [1.54, 1.807) is 6.07 Å². The monoisotopic (exact) mass is 319 g/mol. The van der Waals surface area contributed by atoms with Crippen LogP contribution in [0.15, 0.2) is 53.4 Å². The summed E-state index contributed by atoms with van der Waals surface area (Å²) in [5.41, 5.74) is 8.79. The average Bonchev–Trinajstić information content (AvgIpc) is 2.51. The van der Waals surface area contributed by atoms with Gasteiger partial charge in [-0.2, -0.15) is 0 Å². The summed E-state index contributed by atoms with van der Waals surface area (Å²) >= 11 is 6.19. The van der Waals surface area contributed by atoms with Gasteiger partial charge in [0.05, 0.1) is 26.0 Å². The second-order valence-corrected chi connectivity index (χ2v) is 7.61. The molecule has 0 heterocycles. The highest BCUT2D eigenvalue weighted by molar-refractivity contribution is 7.85. The molecule has 0 spiro atoms. The average molecular weight is 320 g/mol. The summed E-state index contributed by atoms with van der Waals surface area (Å²) in [5, 5.41) is 0.448. The highest BCUT2D eigenvalue weighted by Gasteiger charge is 2.35. The van der Waals surface area contributed by atoms with Gasteiger partial charge in [0.2, 0.25) is 0 Å². The maximum absolute atomic E-state index is 12.9. The van der Waals surface area contributed by atoms with Crippen molar-refractivity contribution >= 4 is 22.4 Å². The van der Waals surface area contributed by atoms with Gasteiger partial charge in [0, 0.05) is 6.04 Å². The van der Waals surface area contributed by atoms with Crippen molar-refractivity contribution in [2.75, 3.05) is 0 Å². The van der Waals surface area contributed by atoms with Crippen LogP contribution in [-0.4, -0.2) is 9.46 Å². The molecule has 0 amide bonds. The summed E-state index contributed by atoms with van der Waals surface area (Å²) < 4.78 is 12.9. The van der Waals surface area contributed by atoms with E-state index in [9.17, 15) is 4.21 Å². The maximum atomic E-state index is 12.9. The minimum Gasteiger partial charge on any atom is -0.323 e. The van der Waals surface area contributed by atoms with Crippen LogP contribution in [-0.2, 0) is 10.8 Å². The Balaban J connectivity index is 1.98. The molecule has 2 N–H and O–H groups in total. The molecular formula is C17H18ClNOS. The molecule has 2 nitrogen and oxygen atoms in total. The zero-order chi connectivity index (χ0) is 15.0. The number of fused-ring (bicyclic) bond motifs is 1. The van der Waals surface area contributed by atoms with E-state index in [0.717, 1.165) is 12.0 Å². The minimum absolute atomic E-state index is 0.102. The van der Waals surface area contributed by atoms with Crippen molar-refractivity contribution < 1.29 is 4.21 Å². The van der Waals surface area contributed by atoms with E-state index in [0.29, 0.717) is 15.8 Å². The lowest BCUT2D eigenvalue weighted by Crippen LogP contribution is -2.36. The van der Waals surface area contributed by atoms with E-state index in [1.165, 1.54) is 5.56 Å². The van der Waals surface area contributed by atoms with Gasteiger partial charge in [-0.05, 0) is 35.6 Å². The second kappa shape index (κ2) is 5.91. The second-order valence-electron chi connectivity index (χ2n) is 5.56. The first-order valence-electron chi connectivity index (χ1n) is 7.09. The van der Waals surface area contributed by atoms with Crippen LogP contribution in [0.3, 0.4) is 0 Å². The van der Waals surface area contributed by atoms with Gasteiger partial charge in [-0.25, -0.2) is 0 Å². The van der Waals surface area contributed by atoms with Crippen LogP contribution < -0.4 is 5.73 Å². The number of rotatable bonds is 2. The predicted octanol–water partition coefficient (Wildman–Crippen LogP) is 4.02. The van der Waals surface area contributed by atoms with Crippen molar-refractivity contribution in [3.63, 3.8) is 0 Å². The highest BCUT2D eigenvalue weighted by atomic mass is 35.5. The fourth-order valence-electron chi connectivity index (χ4n) is 3.08. The Morgan fingerprint density at radius 1 is 1.10 bits per heavy atom. The summed E-state index contributed by atoms with van der Waals surface area (Å²) in [4.78, 5) is 0.686. The van der Waals surface area contributed by atoms with Gasteiger partial charge < -0.3 is 5.73 Å². The molecule has 3 rings (SSSR count). The van der Waals surface area contributed by atoms with Crippen LogP contribution in [0.4, 0.5) is 0 Å². The van der Waals surface area contributed by atoms with Crippen molar-refractivity contribution in [3.8, 4) is 0 Å². The maximum Gasteiger partial charge on any atom is 0.0595 e. The normalized spacial score (nSPS) is 26.1. The molecule has 4 unspecified atom stereocenters. The standard InChI is InChI=1S/C17H18ClNOS/c1-11-10-16(17(19)13-7-3-2-6-12(11)13)21(20)15-9-5-4-8-14(15)18/h2-9,11,16-17H,10,19H2,1H3. The molecule has 0 saturated carbocycles. The number of hydrogen-bond donors (Lipinski definition) is 1. The fraction of sp³-hybridized carbons (Fsp3) is 0.294. The Morgan fingerprint density at radius 2 is 1.71 bits per heavy atom. The lowest BCUT2D eigenvalue weighted by atomic mass is 9.81. The van der Waals surface area contributed by atoms with Crippen LogP contribution in [0.1, 0.15) is 36.4 Å². The summed E-state index contributed by atoms with van der Waals surface area (Å²) in [6, 6.07) is 15.3. The molecule has 0 fully saturated rings. The molecule has 2 aromatic rings. The summed E-state index contributed by atoms with van der Waals surface area (Å²) in [6.07, 6.45) is 0.815. The number of halogens is 1. The SMILES string of the molecule is CC1CC(S(=O)c2ccccc2Cl)C(N)c2ccccc21. The number of nitrogens with two attached hydrogens (primary N) is 1. The first-order valence-corrected chi connectivity index (χ1v) is 8.68. The van der Waals surface area contributed by atoms with Crippen molar-refractivity contribution in [1.29, 1.82) is 0 Å². The van der Waals surface area contributed by atoms with Gasteiger partial charge in [-0.15, -0.1) is 0 Å². The van der Waals surface area contributed by atoms with E-state index < -0.39 is 10.8 Å². The predicted molar refractivity (Wildman–Crippen MR) is 88.1 cm³/mol. The Labute approximate surface area is 132 Å². The Hall–Kier alpha value is -1.16. The highest BCUT2D eigenvalue weighted by Crippen LogP contribution is 2.40. The Kier molecular flexibility index (Phi) is 4.16. The van der Waals surface area contributed by atoms with Crippen LogP contribution in [0, 0.1) is 0 Å². The first kappa shape index (κ1) is 14.8. The van der Waals surface area contributed by atoms with E-state index in [2.05, 4.69) is 13.0 Å². The molecule has 4 atom stereocenters. The molecule has 110 valence electrons. The van der Waals surface area contributed by atoms with E-state index >= 15 is 0 Å². The summed E-state index contributed by atoms with van der Waals surface area (Å²) in [5.74, 6) is 0.359. The fourth-order valence-corrected chi connectivity index (χ4v) is 5.12. The third kappa shape index (κ3) is 2.66. The minimum atomic E-state index is -1.20. The summed E-state index contributed by atoms with van der Waals surface area (Å²) in [6.45, 7) is 2.17. The molecule has 0 radical (unpaired) electrons. The topological polar surface area (TPSA) is 43.1 Å². The van der Waals surface area contributed by atoms with E-state index in [1.807, 2.05) is 36.4 Å². The Bertz CT molecular complexity index is 688. The van der Waals surface area contributed by atoms with Gasteiger partial charge in [0.15, 0.2) is 0 Å². The van der Waals surface area contributed by atoms with E-state index in [4.69, 9.17) is 17.3 Å². The zero-order valence-electron chi connectivity index (χ0n) is 11.8.